The molecular formula is C22H25N3O. The standard InChI is InChI=1S/C22H25N3O/c23-15-18-14-19(8-9-21(18)25-12-10-20(26)11-13-25)24-22(17-6-7-17)16-4-2-1-3-5-16/h1-5,8-9,14,17,20,22,24,26H,6-7,10-13H2. The van der Waals surface area contributed by atoms with Crippen LogP contribution in [0.1, 0.15) is 42.9 Å². The Balaban J connectivity index is 1.55. The van der Waals surface area contributed by atoms with Gasteiger partial charge in [0, 0.05) is 18.8 Å². The molecule has 2 aromatic rings. The molecule has 134 valence electrons. The molecule has 4 nitrogen and oxygen atoms in total. The Hall–Kier alpha value is -2.51. The van der Waals surface area contributed by atoms with Gasteiger partial charge < -0.3 is 15.3 Å². The maximum atomic E-state index is 9.71. The summed E-state index contributed by atoms with van der Waals surface area (Å²) in [6, 6.07) is 19.3. The lowest BCUT2D eigenvalue weighted by Gasteiger charge is -2.32. The van der Waals surface area contributed by atoms with Crippen LogP contribution >= 0.6 is 0 Å². The second-order valence-electron chi connectivity index (χ2n) is 7.43. The number of nitrogens with zero attached hydrogens (tertiary/aromatic N) is 2. The number of benzene rings is 2. The molecule has 1 aliphatic carbocycles. The van der Waals surface area contributed by atoms with Crippen molar-refractivity contribution in [1.29, 1.82) is 5.26 Å². The lowest BCUT2D eigenvalue weighted by atomic mass is 10.0. The Morgan fingerprint density at radius 2 is 1.77 bits per heavy atom. The highest BCUT2D eigenvalue weighted by Crippen LogP contribution is 2.43. The van der Waals surface area contributed by atoms with Gasteiger partial charge >= 0.3 is 0 Å². The molecule has 4 rings (SSSR count). The molecule has 1 heterocycles. The number of nitriles is 1. The van der Waals surface area contributed by atoms with Crippen molar-refractivity contribution in [2.45, 2.75) is 37.8 Å². The van der Waals surface area contributed by atoms with Gasteiger partial charge in [-0.15, -0.1) is 0 Å². The number of aliphatic hydroxyl groups excluding tert-OH is 1. The SMILES string of the molecule is N#Cc1cc(NC(c2ccccc2)C2CC2)ccc1N1CCC(O)CC1. The van der Waals surface area contributed by atoms with Crippen LogP contribution in [0.25, 0.3) is 0 Å². The number of rotatable bonds is 5. The Morgan fingerprint density at radius 3 is 2.42 bits per heavy atom. The zero-order valence-electron chi connectivity index (χ0n) is 14.9. The van der Waals surface area contributed by atoms with Crippen molar-refractivity contribution in [2.24, 2.45) is 5.92 Å². The zero-order chi connectivity index (χ0) is 17.9. The first kappa shape index (κ1) is 16.9. The van der Waals surface area contributed by atoms with Crippen molar-refractivity contribution in [2.75, 3.05) is 23.3 Å². The van der Waals surface area contributed by atoms with Crippen LogP contribution in [-0.2, 0) is 0 Å². The lowest BCUT2D eigenvalue weighted by Crippen LogP contribution is -2.36. The maximum Gasteiger partial charge on any atom is 0.101 e. The molecule has 0 spiro atoms. The maximum absolute atomic E-state index is 9.71. The summed E-state index contributed by atoms with van der Waals surface area (Å²) in [4.78, 5) is 2.21. The summed E-state index contributed by atoms with van der Waals surface area (Å²) in [7, 11) is 0. The van der Waals surface area contributed by atoms with Gasteiger partial charge in [0.2, 0.25) is 0 Å². The van der Waals surface area contributed by atoms with Crippen LogP contribution in [-0.4, -0.2) is 24.3 Å². The highest BCUT2D eigenvalue weighted by Gasteiger charge is 2.32. The van der Waals surface area contributed by atoms with Gasteiger partial charge in [0.25, 0.3) is 0 Å². The molecule has 2 aliphatic rings. The third-order valence-corrected chi connectivity index (χ3v) is 5.50. The largest absolute Gasteiger partial charge is 0.393 e. The Morgan fingerprint density at radius 1 is 1.04 bits per heavy atom. The van der Waals surface area contributed by atoms with E-state index in [1.54, 1.807) is 0 Å². The predicted octanol–water partition coefficient (Wildman–Crippen LogP) is 4.08. The number of hydrogen-bond acceptors (Lipinski definition) is 4. The van der Waals surface area contributed by atoms with Crippen LogP contribution in [0.2, 0.25) is 0 Å². The molecule has 2 fully saturated rings. The molecular weight excluding hydrogens is 322 g/mol. The third kappa shape index (κ3) is 3.68. The van der Waals surface area contributed by atoms with Gasteiger partial charge in [0.15, 0.2) is 0 Å². The van der Waals surface area contributed by atoms with Crippen molar-refractivity contribution in [1.82, 2.24) is 0 Å². The highest BCUT2D eigenvalue weighted by molar-refractivity contribution is 5.66. The third-order valence-electron chi connectivity index (χ3n) is 5.50. The number of hydrogen-bond donors (Lipinski definition) is 2. The van der Waals surface area contributed by atoms with Gasteiger partial charge in [-0.2, -0.15) is 5.26 Å². The van der Waals surface area contributed by atoms with E-state index in [2.05, 4.69) is 46.6 Å². The fourth-order valence-corrected chi connectivity index (χ4v) is 3.84. The first-order valence-electron chi connectivity index (χ1n) is 9.53. The normalized spacial score (nSPS) is 19.0. The van der Waals surface area contributed by atoms with E-state index in [0.717, 1.165) is 37.3 Å². The Labute approximate surface area is 155 Å². The average Bonchev–Trinajstić information content (AvgIpc) is 3.52. The summed E-state index contributed by atoms with van der Waals surface area (Å²) >= 11 is 0. The van der Waals surface area contributed by atoms with Gasteiger partial charge in [-0.3, -0.25) is 0 Å². The van der Waals surface area contributed by atoms with Gasteiger partial charge in [-0.1, -0.05) is 30.3 Å². The molecule has 0 amide bonds. The van der Waals surface area contributed by atoms with E-state index in [4.69, 9.17) is 0 Å². The van der Waals surface area contributed by atoms with Crippen molar-refractivity contribution in [3.8, 4) is 6.07 Å². The fraction of sp³-hybridized carbons (Fsp3) is 0.409. The second-order valence-corrected chi connectivity index (χ2v) is 7.43. The minimum Gasteiger partial charge on any atom is -0.393 e. The van der Waals surface area contributed by atoms with Crippen LogP contribution in [0, 0.1) is 17.2 Å². The summed E-state index contributed by atoms with van der Waals surface area (Å²) in [6.45, 7) is 1.61. The Bertz CT molecular complexity index is 787. The molecule has 1 unspecified atom stereocenters. The van der Waals surface area contributed by atoms with E-state index >= 15 is 0 Å². The molecule has 4 heteroatoms. The first-order chi connectivity index (χ1) is 12.7. The van der Waals surface area contributed by atoms with Crippen LogP contribution < -0.4 is 10.2 Å². The predicted molar refractivity (Wildman–Crippen MR) is 104 cm³/mol. The average molecular weight is 347 g/mol. The molecule has 0 aromatic heterocycles. The second kappa shape index (κ2) is 7.39. The zero-order valence-corrected chi connectivity index (χ0v) is 14.9. The van der Waals surface area contributed by atoms with Gasteiger partial charge in [-0.05, 0) is 55.4 Å². The van der Waals surface area contributed by atoms with E-state index in [1.807, 2.05) is 18.2 Å². The van der Waals surface area contributed by atoms with Gasteiger partial charge in [-0.25, -0.2) is 0 Å². The molecule has 0 bridgehead atoms. The summed E-state index contributed by atoms with van der Waals surface area (Å²) in [6.07, 6.45) is 3.84. The van der Waals surface area contributed by atoms with Crippen molar-refractivity contribution in [3.05, 3.63) is 59.7 Å². The molecule has 1 aliphatic heterocycles. The van der Waals surface area contributed by atoms with Gasteiger partial charge in [0.1, 0.15) is 6.07 Å². The summed E-state index contributed by atoms with van der Waals surface area (Å²) < 4.78 is 0. The molecule has 0 radical (unpaired) electrons. The number of aliphatic hydroxyl groups is 1. The summed E-state index contributed by atoms with van der Waals surface area (Å²) in [5.41, 5.74) is 3.99. The van der Waals surface area contributed by atoms with E-state index in [0.29, 0.717) is 17.5 Å². The van der Waals surface area contributed by atoms with Crippen molar-refractivity contribution >= 4 is 11.4 Å². The highest BCUT2D eigenvalue weighted by atomic mass is 16.3. The topological polar surface area (TPSA) is 59.3 Å². The van der Waals surface area contributed by atoms with E-state index in [9.17, 15) is 10.4 Å². The van der Waals surface area contributed by atoms with Crippen molar-refractivity contribution < 1.29 is 5.11 Å². The number of anilines is 2. The Kier molecular flexibility index (Phi) is 4.81. The lowest BCUT2D eigenvalue weighted by molar-refractivity contribution is 0.145. The minimum absolute atomic E-state index is 0.206. The fourth-order valence-electron chi connectivity index (χ4n) is 3.84. The number of nitrogens with one attached hydrogen (secondary N) is 1. The molecule has 2 aromatic carbocycles. The van der Waals surface area contributed by atoms with E-state index < -0.39 is 0 Å². The van der Waals surface area contributed by atoms with Crippen LogP contribution in [0.15, 0.2) is 48.5 Å². The van der Waals surface area contributed by atoms with E-state index in [-0.39, 0.29) is 6.10 Å². The van der Waals surface area contributed by atoms with Crippen LogP contribution in [0.3, 0.4) is 0 Å². The quantitative estimate of drug-likeness (QED) is 0.855. The van der Waals surface area contributed by atoms with Crippen LogP contribution in [0.4, 0.5) is 11.4 Å². The monoisotopic (exact) mass is 347 g/mol. The van der Waals surface area contributed by atoms with Gasteiger partial charge in [0.05, 0.1) is 23.4 Å². The van der Waals surface area contributed by atoms with E-state index in [1.165, 1.54) is 18.4 Å². The molecule has 26 heavy (non-hydrogen) atoms. The van der Waals surface area contributed by atoms with Crippen molar-refractivity contribution in [3.63, 3.8) is 0 Å². The first-order valence-corrected chi connectivity index (χ1v) is 9.53. The molecule has 1 saturated heterocycles. The smallest absolute Gasteiger partial charge is 0.101 e. The summed E-state index contributed by atoms with van der Waals surface area (Å²) in [5.74, 6) is 0.672. The summed E-state index contributed by atoms with van der Waals surface area (Å²) in [5, 5.41) is 23.0. The van der Waals surface area contributed by atoms with Crippen LogP contribution in [0.5, 0.6) is 0 Å². The molecule has 1 saturated carbocycles. The number of piperidine rings is 1. The molecule has 2 N–H and O–H groups in total. The molecule has 1 atom stereocenters. The minimum atomic E-state index is -0.206.